The first kappa shape index (κ1) is 18.2. The molecular weight excluding hydrogens is 356 g/mol. The predicted octanol–water partition coefficient (Wildman–Crippen LogP) is 2.01. The summed E-state index contributed by atoms with van der Waals surface area (Å²) >= 11 is 0. The molecule has 0 radical (unpaired) electrons. The molecule has 0 aliphatic heterocycles. The van der Waals surface area contributed by atoms with Crippen LogP contribution in [0.2, 0.25) is 0 Å². The van der Waals surface area contributed by atoms with E-state index < -0.39 is 0 Å². The fourth-order valence-electron chi connectivity index (χ4n) is 3.30. The average Bonchev–Trinajstić information content (AvgIpc) is 3.34. The lowest BCUT2D eigenvalue weighted by Crippen LogP contribution is -2.24. The van der Waals surface area contributed by atoms with Crippen LogP contribution in [0.4, 0.5) is 5.69 Å². The summed E-state index contributed by atoms with van der Waals surface area (Å²) in [5.41, 5.74) is 3.43. The first-order valence-corrected chi connectivity index (χ1v) is 9.35. The molecule has 3 aromatic heterocycles. The van der Waals surface area contributed by atoms with Crippen molar-refractivity contribution in [3.8, 4) is 5.88 Å². The molecule has 0 bridgehead atoms. The topological polar surface area (TPSA) is 86.9 Å². The van der Waals surface area contributed by atoms with E-state index in [1.807, 2.05) is 32.3 Å². The number of anilines is 1. The molecule has 0 aromatic carbocycles. The number of aromatic nitrogens is 5. The third-order valence-electron chi connectivity index (χ3n) is 4.94. The van der Waals surface area contributed by atoms with E-state index in [1.54, 1.807) is 24.0 Å². The normalized spacial score (nSPS) is 18.1. The summed E-state index contributed by atoms with van der Waals surface area (Å²) in [6.07, 6.45) is 4.74. The van der Waals surface area contributed by atoms with Crippen LogP contribution in [0.25, 0.3) is 0 Å². The van der Waals surface area contributed by atoms with Gasteiger partial charge in [0.15, 0.2) is 0 Å². The summed E-state index contributed by atoms with van der Waals surface area (Å²) in [5.74, 6) is 1.31. The van der Waals surface area contributed by atoms with Gasteiger partial charge in [-0.1, -0.05) is 6.07 Å². The molecule has 28 heavy (non-hydrogen) atoms. The van der Waals surface area contributed by atoms with Crippen molar-refractivity contribution in [2.24, 2.45) is 20.0 Å². The van der Waals surface area contributed by atoms with E-state index in [0.29, 0.717) is 36.6 Å². The second-order valence-corrected chi connectivity index (χ2v) is 7.32. The Kier molecular flexibility index (Phi) is 4.85. The smallest absolute Gasteiger partial charge is 0.290 e. The van der Waals surface area contributed by atoms with Crippen LogP contribution in [-0.2, 0) is 20.6 Å². The fourth-order valence-corrected chi connectivity index (χ4v) is 3.30. The summed E-state index contributed by atoms with van der Waals surface area (Å²) in [6.45, 7) is 3.08. The van der Waals surface area contributed by atoms with Gasteiger partial charge in [0.05, 0.1) is 12.8 Å². The number of rotatable bonds is 7. The lowest BCUT2D eigenvalue weighted by molar-refractivity contribution is 0.278. The monoisotopic (exact) mass is 380 g/mol. The Morgan fingerprint density at radius 1 is 1.32 bits per heavy atom. The van der Waals surface area contributed by atoms with Gasteiger partial charge in [0.1, 0.15) is 5.69 Å². The molecule has 8 nitrogen and oxygen atoms in total. The van der Waals surface area contributed by atoms with Crippen molar-refractivity contribution < 1.29 is 4.74 Å². The summed E-state index contributed by atoms with van der Waals surface area (Å²) in [4.78, 5) is 16.9. The van der Waals surface area contributed by atoms with E-state index in [2.05, 4.69) is 26.6 Å². The van der Waals surface area contributed by atoms with E-state index >= 15 is 0 Å². The molecule has 1 N–H and O–H groups in total. The summed E-state index contributed by atoms with van der Waals surface area (Å²) in [6, 6.07) is 7.79. The summed E-state index contributed by atoms with van der Waals surface area (Å²) < 4.78 is 8.92. The molecule has 4 rings (SSSR count). The van der Waals surface area contributed by atoms with Crippen LogP contribution in [-0.4, -0.2) is 31.2 Å². The van der Waals surface area contributed by atoms with Gasteiger partial charge in [0, 0.05) is 61.7 Å². The summed E-state index contributed by atoms with van der Waals surface area (Å²) in [5, 5.41) is 11.5. The van der Waals surface area contributed by atoms with E-state index in [0.717, 1.165) is 23.4 Å². The van der Waals surface area contributed by atoms with E-state index in [9.17, 15) is 4.79 Å². The average molecular weight is 380 g/mol. The molecule has 1 saturated carbocycles. The lowest BCUT2D eigenvalue weighted by atomic mass is 10.2. The number of pyridine rings is 1. The highest BCUT2D eigenvalue weighted by Gasteiger charge is 2.40. The van der Waals surface area contributed by atoms with Gasteiger partial charge in [0.25, 0.3) is 5.56 Å². The number of nitrogens with zero attached hydrogens (tertiary/aromatic N) is 5. The Labute approximate surface area is 163 Å². The highest BCUT2D eigenvalue weighted by Crippen LogP contribution is 2.46. The molecule has 3 heterocycles. The Morgan fingerprint density at radius 3 is 2.93 bits per heavy atom. The maximum absolute atomic E-state index is 12.3. The highest BCUT2D eigenvalue weighted by atomic mass is 16.5. The third kappa shape index (κ3) is 4.05. The highest BCUT2D eigenvalue weighted by molar-refractivity contribution is 5.43. The van der Waals surface area contributed by atoms with Crippen molar-refractivity contribution in [3.05, 3.63) is 64.0 Å². The van der Waals surface area contributed by atoms with Crippen molar-refractivity contribution in [2.75, 3.05) is 11.9 Å². The van der Waals surface area contributed by atoms with Gasteiger partial charge >= 0.3 is 0 Å². The molecule has 146 valence electrons. The first-order valence-electron chi connectivity index (χ1n) is 9.35. The maximum atomic E-state index is 12.3. The van der Waals surface area contributed by atoms with Crippen LogP contribution >= 0.6 is 0 Å². The zero-order valence-corrected chi connectivity index (χ0v) is 16.3. The molecule has 0 amide bonds. The molecule has 2 unspecified atom stereocenters. The van der Waals surface area contributed by atoms with Crippen molar-refractivity contribution in [3.63, 3.8) is 0 Å². The Hall–Kier alpha value is -3.16. The van der Waals surface area contributed by atoms with Crippen molar-refractivity contribution in [1.29, 1.82) is 0 Å². The fraction of sp³-hybridized carbons (Fsp3) is 0.400. The number of hydrogen-bond acceptors (Lipinski definition) is 6. The number of aryl methyl sites for hydroxylation is 3. The van der Waals surface area contributed by atoms with Gasteiger partial charge in [-0.05, 0) is 25.5 Å². The Bertz CT molecular complexity index is 1040. The largest absolute Gasteiger partial charge is 0.476 e. The molecule has 2 atom stereocenters. The van der Waals surface area contributed by atoms with Crippen LogP contribution in [0, 0.1) is 12.8 Å². The molecule has 1 fully saturated rings. The zero-order chi connectivity index (χ0) is 19.7. The Morgan fingerprint density at radius 2 is 2.18 bits per heavy atom. The molecule has 8 heteroatoms. The van der Waals surface area contributed by atoms with E-state index in [4.69, 9.17) is 4.74 Å². The second-order valence-electron chi connectivity index (χ2n) is 7.32. The molecule has 0 saturated heterocycles. The van der Waals surface area contributed by atoms with E-state index in [1.165, 1.54) is 4.68 Å². The quantitative estimate of drug-likeness (QED) is 0.675. The minimum absolute atomic E-state index is 0.190. The van der Waals surface area contributed by atoms with Crippen LogP contribution < -0.4 is 15.6 Å². The Balaban J connectivity index is 1.38. The number of hydrogen-bond donors (Lipinski definition) is 1. The van der Waals surface area contributed by atoms with Gasteiger partial charge in [0.2, 0.25) is 5.88 Å². The summed E-state index contributed by atoms with van der Waals surface area (Å²) in [7, 11) is 3.49. The van der Waals surface area contributed by atoms with Gasteiger partial charge in [-0.15, -0.1) is 5.10 Å². The molecular formula is C20H24N6O2. The van der Waals surface area contributed by atoms with E-state index in [-0.39, 0.29) is 5.56 Å². The first-order chi connectivity index (χ1) is 13.5. The van der Waals surface area contributed by atoms with Gasteiger partial charge in [-0.25, -0.2) is 4.68 Å². The molecule has 1 aliphatic rings. The van der Waals surface area contributed by atoms with Crippen molar-refractivity contribution in [1.82, 2.24) is 24.5 Å². The standard InChI is InChI=1S/C20H24N6O2/c1-13-5-4-6-17(23-13)16-7-15(16)12-28-19-8-18(20(27)26(3)24-19)21-9-14-10-22-25(2)11-14/h4-6,8,10-11,15-16,21H,7,9,12H2,1-3H3. The van der Waals surface area contributed by atoms with Gasteiger partial charge in [-0.3, -0.25) is 14.5 Å². The van der Waals surface area contributed by atoms with Crippen LogP contribution in [0.15, 0.2) is 41.5 Å². The molecule has 1 aliphatic carbocycles. The molecule has 0 spiro atoms. The third-order valence-corrected chi connectivity index (χ3v) is 4.94. The lowest BCUT2D eigenvalue weighted by Gasteiger charge is -2.10. The maximum Gasteiger partial charge on any atom is 0.290 e. The van der Waals surface area contributed by atoms with Crippen molar-refractivity contribution >= 4 is 5.69 Å². The van der Waals surface area contributed by atoms with Crippen molar-refractivity contribution in [2.45, 2.75) is 25.8 Å². The predicted molar refractivity (Wildman–Crippen MR) is 105 cm³/mol. The zero-order valence-electron chi connectivity index (χ0n) is 16.3. The number of ether oxygens (including phenoxy) is 1. The van der Waals surface area contributed by atoms with Crippen LogP contribution in [0.5, 0.6) is 5.88 Å². The van der Waals surface area contributed by atoms with Crippen LogP contribution in [0.1, 0.15) is 29.3 Å². The van der Waals surface area contributed by atoms with Crippen LogP contribution in [0.3, 0.4) is 0 Å². The minimum atomic E-state index is -0.190. The van der Waals surface area contributed by atoms with Gasteiger partial charge < -0.3 is 10.1 Å². The minimum Gasteiger partial charge on any atom is -0.476 e. The van der Waals surface area contributed by atoms with Gasteiger partial charge in [-0.2, -0.15) is 5.10 Å². The SMILES string of the molecule is Cc1cccc(C2CC2COc2cc(NCc3cnn(C)c3)c(=O)n(C)n2)n1. The molecule has 3 aromatic rings. The number of nitrogens with one attached hydrogen (secondary N) is 1. The second kappa shape index (κ2) is 7.46.